The third kappa shape index (κ3) is 7.94. The molecule has 2 N–H and O–H groups in total. The first-order valence-corrected chi connectivity index (χ1v) is 15.2. The van der Waals surface area contributed by atoms with E-state index >= 15 is 0 Å². The number of anilines is 2. The molecule has 8 nitrogen and oxygen atoms in total. The highest BCUT2D eigenvalue weighted by atomic mass is 32.2. The van der Waals surface area contributed by atoms with Crippen LogP contribution in [0, 0.1) is 0 Å². The zero-order valence-corrected chi connectivity index (χ0v) is 25.5. The van der Waals surface area contributed by atoms with Crippen molar-refractivity contribution >= 4 is 46.8 Å². The fourth-order valence-corrected chi connectivity index (χ4v) is 5.79. The third-order valence-electron chi connectivity index (χ3n) is 7.18. The van der Waals surface area contributed by atoms with Crippen LogP contribution in [0.5, 0.6) is 0 Å². The second-order valence-electron chi connectivity index (χ2n) is 10.3. The Morgan fingerprint density at radius 1 is 0.891 bits per heavy atom. The molecule has 0 fully saturated rings. The van der Waals surface area contributed by atoms with Gasteiger partial charge in [0, 0.05) is 28.4 Å². The average molecular weight is 647 g/mol. The van der Waals surface area contributed by atoms with E-state index < -0.39 is 29.6 Å². The van der Waals surface area contributed by atoms with Crippen molar-refractivity contribution in [2.75, 3.05) is 29.6 Å². The predicted molar refractivity (Wildman–Crippen MR) is 171 cm³/mol. The zero-order chi connectivity index (χ0) is 32.7. The van der Waals surface area contributed by atoms with Crippen LogP contribution in [-0.4, -0.2) is 43.0 Å². The second kappa shape index (κ2) is 14.3. The normalized spacial score (nSPS) is 13.4. The number of aryl methyl sites for hydroxylation is 1. The van der Waals surface area contributed by atoms with Crippen LogP contribution in [0.4, 0.5) is 29.3 Å². The number of amides is 3. The van der Waals surface area contributed by atoms with E-state index in [1.54, 1.807) is 28.8 Å². The van der Waals surface area contributed by atoms with Crippen LogP contribution >= 0.6 is 11.8 Å². The van der Waals surface area contributed by atoms with Crippen LogP contribution < -0.4 is 15.6 Å². The van der Waals surface area contributed by atoms with Gasteiger partial charge in [-0.1, -0.05) is 48.5 Å². The molecule has 0 bridgehead atoms. The third-order valence-corrected chi connectivity index (χ3v) is 8.18. The molecule has 4 aromatic rings. The van der Waals surface area contributed by atoms with Gasteiger partial charge in [-0.15, -0.1) is 11.8 Å². The number of nitrogens with one attached hydrogen (secondary N) is 2. The number of carbonyl (C=O) groups is 3. The van der Waals surface area contributed by atoms with E-state index in [9.17, 15) is 27.6 Å². The van der Waals surface area contributed by atoms with E-state index in [-0.39, 0.29) is 11.4 Å². The highest BCUT2D eigenvalue weighted by molar-refractivity contribution is 7.99. The number of methoxy groups -OCH3 is 1. The zero-order valence-electron chi connectivity index (χ0n) is 24.6. The number of hydrazone groups is 1. The molecule has 0 atom stereocenters. The highest BCUT2D eigenvalue weighted by Crippen LogP contribution is 2.34. The van der Waals surface area contributed by atoms with E-state index in [2.05, 4.69) is 15.8 Å². The number of ether oxygens (including phenoxy) is 1. The lowest BCUT2D eigenvalue weighted by Crippen LogP contribution is -2.34. The molecule has 1 aliphatic heterocycles. The summed E-state index contributed by atoms with van der Waals surface area (Å²) in [5.74, 6) is -0.0868. The number of alkyl halides is 3. The Labute approximate surface area is 267 Å². The molecular formula is C34H29F3N4O4S. The predicted octanol–water partition coefficient (Wildman–Crippen LogP) is 6.94. The Hall–Kier alpha value is -5.10. The van der Waals surface area contributed by atoms with Crippen molar-refractivity contribution in [1.29, 1.82) is 0 Å². The number of fused-ring (bicyclic) bond motifs is 1. The summed E-state index contributed by atoms with van der Waals surface area (Å²) in [5.41, 5.74) is 5.04. The summed E-state index contributed by atoms with van der Waals surface area (Å²) >= 11 is 1.57. The number of rotatable bonds is 10. The van der Waals surface area contributed by atoms with Crippen molar-refractivity contribution in [1.82, 2.24) is 5.43 Å². The van der Waals surface area contributed by atoms with Gasteiger partial charge in [0.1, 0.15) is 0 Å². The van der Waals surface area contributed by atoms with Gasteiger partial charge in [-0.2, -0.15) is 18.3 Å². The molecule has 0 spiro atoms. The number of benzene rings is 4. The first-order valence-electron chi connectivity index (χ1n) is 14.2. The number of carbonyl (C=O) groups excluding carboxylic acids is 3. The maximum absolute atomic E-state index is 13.6. The van der Waals surface area contributed by atoms with Crippen LogP contribution in [0.1, 0.15) is 32.6 Å². The fraction of sp³-hybridized carbons (Fsp3) is 0.176. The van der Waals surface area contributed by atoms with E-state index in [1.165, 1.54) is 19.2 Å². The summed E-state index contributed by atoms with van der Waals surface area (Å²) < 4.78 is 44.0. The smallest absolute Gasteiger partial charge is 0.416 e. The number of hydrogen-bond donors (Lipinski definition) is 2. The highest BCUT2D eigenvalue weighted by Gasteiger charge is 2.34. The minimum Gasteiger partial charge on any atom is -0.465 e. The maximum atomic E-state index is 13.6. The summed E-state index contributed by atoms with van der Waals surface area (Å²) in [6.45, 7) is 0.374. The van der Waals surface area contributed by atoms with Gasteiger partial charge in [-0.25, -0.2) is 15.0 Å². The van der Waals surface area contributed by atoms with Crippen LogP contribution in [-0.2, 0) is 28.5 Å². The quantitative estimate of drug-likeness (QED) is 0.111. The van der Waals surface area contributed by atoms with Crippen molar-refractivity contribution in [3.8, 4) is 0 Å². The number of halogens is 3. The Bertz CT molecular complexity index is 1760. The van der Waals surface area contributed by atoms with Gasteiger partial charge >= 0.3 is 18.2 Å². The van der Waals surface area contributed by atoms with Gasteiger partial charge in [0.25, 0.3) is 5.91 Å². The molecule has 1 aliphatic rings. The number of nitrogens with zero attached hydrogens (tertiary/aromatic N) is 2. The molecule has 0 unspecified atom stereocenters. The van der Waals surface area contributed by atoms with Gasteiger partial charge in [0.15, 0.2) is 5.71 Å². The number of hydrogen-bond acceptors (Lipinski definition) is 6. The second-order valence-corrected chi connectivity index (χ2v) is 11.4. The van der Waals surface area contributed by atoms with E-state index in [4.69, 9.17) is 4.74 Å². The molecule has 0 saturated heterocycles. The Kier molecular flexibility index (Phi) is 10.1. The fourth-order valence-electron chi connectivity index (χ4n) is 4.85. The van der Waals surface area contributed by atoms with Crippen LogP contribution in [0.15, 0.2) is 107 Å². The Morgan fingerprint density at radius 2 is 1.63 bits per heavy atom. The van der Waals surface area contributed by atoms with Gasteiger partial charge in [-0.05, 0) is 72.5 Å². The molecule has 236 valence electrons. The van der Waals surface area contributed by atoms with Crippen LogP contribution in [0.3, 0.4) is 0 Å². The van der Waals surface area contributed by atoms with Crippen LogP contribution in [0.2, 0.25) is 0 Å². The lowest BCUT2D eigenvalue weighted by Gasteiger charge is -2.17. The monoisotopic (exact) mass is 646 g/mol. The van der Waals surface area contributed by atoms with Gasteiger partial charge in [0.05, 0.1) is 23.9 Å². The maximum Gasteiger partial charge on any atom is 0.416 e. The van der Waals surface area contributed by atoms with E-state index in [0.29, 0.717) is 35.5 Å². The largest absolute Gasteiger partial charge is 0.465 e. The lowest BCUT2D eigenvalue weighted by molar-refractivity contribution is -0.137. The van der Waals surface area contributed by atoms with Crippen molar-refractivity contribution in [3.05, 3.63) is 125 Å². The number of urea groups is 1. The standard InChI is InChI=1S/C34H29F3N4O4S/c1-45-32(43)24-12-10-23(11-13-24)17-19-46-27-14-15-29-28(21-27)30(31(42)41(29)18-16-22-6-3-2-4-7-22)39-40-33(44)38-26-9-5-8-25(20-26)34(35,36)37/h2-15,20-21H,16-19H2,1H3,(H2,38,40,44). The average Bonchev–Trinajstić information content (AvgIpc) is 3.32. The summed E-state index contributed by atoms with van der Waals surface area (Å²) in [5, 5.41) is 6.44. The Morgan fingerprint density at radius 3 is 2.35 bits per heavy atom. The first-order chi connectivity index (χ1) is 22.1. The molecule has 0 saturated carbocycles. The van der Waals surface area contributed by atoms with Crippen molar-refractivity contribution < 1.29 is 32.3 Å². The Balaban J connectivity index is 1.31. The number of thioether (sulfide) groups is 1. The van der Waals surface area contributed by atoms with Crippen molar-refractivity contribution in [2.24, 2.45) is 5.10 Å². The summed E-state index contributed by atoms with van der Waals surface area (Å²) in [7, 11) is 1.33. The summed E-state index contributed by atoms with van der Waals surface area (Å²) in [4.78, 5) is 40.3. The van der Waals surface area contributed by atoms with Gasteiger partial charge < -0.3 is 15.0 Å². The molecule has 1 heterocycles. The van der Waals surface area contributed by atoms with Gasteiger partial charge in [0.2, 0.25) is 0 Å². The van der Waals surface area contributed by atoms with Gasteiger partial charge in [-0.3, -0.25) is 4.79 Å². The number of esters is 1. The molecule has 46 heavy (non-hydrogen) atoms. The summed E-state index contributed by atoms with van der Waals surface area (Å²) in [6, 6.07) is 25.8. The van der Waals surface area contributed by atoms with E-state index in [0.717, 1.165) is 34.6 Å². The minimum atomic E-state index is -4.57. The SMILES string of the molecule is COC(=O)c1ccc(CCSc2ccc3c(c2)C(=NNC(=O)Nc2cccc(C(F)(F)F)c2)C(=O)N3CCc2ccccc2)cc1. The molecule has 0 aliphatic carbocycles. The molecule has 0 radical (unpaired) electrons. The molecular weight excluding hydrogens is 617 g/mol. The van der Waals surface area contributed by atoms with Crippen LogP contribution in [0.25, 0.3) is 0 Å². The molecule has 0 aromatic heterocycles. The molecule has 5 rings (SSSR count). The van der Waals surface area contributed by atoms with Crippen molar-refractivity contribution in [2.45, 2.75) is 23.9 Å². The first kappa shape index (κ1) is 32.3. The molecule has 3 amide bonds. The van der Waals surface area contributed by atoms with Crippen molar-refractivity contribution in [3.63, 3.8) is 0 Å². The van der Waals surface area contributed by atoms with E-state index in [1.807, 2.05) is 60.7 Å². The lowest BCUT2D eigenvalue weighted by atomic mass is 10.1. The minimum absolute atomic E-state index is 0.0168. The molecule has 12 heteroatoms. The molecule has 4 aromatic carbocycles. The summed E-state index contributed by atoms with van der Waals surface area (Å²) in [6.07, 6.45) is -3.25. The topological polar surface area (TPSA) is 100 Å².